The Hall–Kier alpha value is -2.75. The quantitative estimate of drug-likeness (QED) is 0.496. The number of aromatic nitrogens is 4. The fourth-order valence-corrected chi connectivity index (χ4v) is 1.53. The highest BCUT2D eigenvalue weighted by Gasteiger charge is 2.25. The van der Waals surface area contributed by atoms with E-state index in [1.165, 1.54) is 19.6 Å². The number of carboxylic acids is 1. The van der Waals surface area contributed by atoms with Crippen LogP contribution in [0.2, 0.25) is 0 Å². The number of carbonyl (C=O) groups excluding carboxylic acids is 1. The van der Waals surface area contributed by atoms with E-state index in [2.05, 4.69) is 30.6 Å². The summed E-state index contributed by atoms with van der Waals surface area (Å²) in [5.74, 6) is -1.19. The first-order chi connectivity index (χ1) is 9.49. The van der Waals surface area contributed by atoms with Gasteiger partial charge in [0.05, 0.1) is 12.4 Å². The van der Waals surface area contributed by atoms with Gasteiger partial charge in [-0.15, -0.1) is 0 Å². The van der Waals surface area contributed by atoms with E-state index in [0.29, 0.717) is 11.2 Å². The van der Waals surface area contributed by atoms with Gasteiger partial charge in [0.15, 0.2) is 17.5 Å². The topological polar surface area (TPSA) is 153 Å². The third-order valence-electron chi connectivity index (χ3n) is 2.49. The zero-order valence-electron chi connectivity index (χ0n) is 10.4. The number of rotatable bonds is 4. The second-order valence-corrected chi connectivity index (χ2v) is 3.98. The fraction of sp³-hybridized carbons (Fsp3) is 0.300. The lowest BCUT2D eigenvalue weighted by Gasteiger charge is -2.17. The maximum atomic E-state index is 11.7. The fourth-order valence-electron chi connectivity index (χ4n) is 1.53. The van der Waals surface area contributed by atoms with Crippen LogP contribution in [-0.4, -0.2) is 54.3 Å². The van der Waals surface area contributed by atoms with Crippen molar-refractivity contribution in [1.29, 1.82) is 0 Å². The number of carbonyl (C=O) groups is 2. The number of hydrogen-bond donors (Lipinski definition) is 5. The summed E-state index contributed by atoms with van der Waals surface area (Å²) in [5.41, 5.74) is 0.771. The van der Waals surface area contributed by atoms with E-state index in [4.69, 9.17) is 5.11 Å². The van der Waals surface area contributed by atoms with Crippen molar-refractivity contribution in [2.45, 2.75) is 19.1 Å². The molecule has 2 rings (SSSR count). The number of amides is 2. The van der Waals surface area contributed by atoms with Gasteiger partial charge in [-0.2, -0.15) is 0 Å². The van der Waals surface area contributed by atoms with Crippen molar-refractivity contribution in [2.75, 3.05) is 5.32 Å². The van der Waals surface area contributed by atoms with Crippen molar-refractivity contribution in [3.05, 3.63) is 12.7 Å². The summed E-state index contributed by atoms with van der Waals surface area (Å²) in [4.78, 5) is 36.9. The number of aliphatic hydroxyl groups excluding tert-OH is 1. The maximum absolute atomic E-state index is 11.7. The Morgan fingerprint density at radius 3 is 2.75 bits per heavy atom. The molecule has 2 amide bonds. The Balaban J connectivity index is 2.12. The molecule has 5 N–H and O–H groups in total. The van der Waals surface area contributed by atoms with Gasteiger partial charge >= 0.3 is 12.0 Å². The van der Waals surface area contributed by atoms with E-state index in [0.717, 1.165) is 0 Å². The molecule has 0 saturated carbocycles. The van der Waals surface area contributed by atoms with Gasteiger partial charge < -0.3 is 20.5 Å². The van der Waals surface area contributed by atoms with Crippen molar-refractivity contribution in [2.24, 2.45) is 0 Å². The first-order valence-electron chi connectivity index (χ1n) is 5.61. The van der Waals surface area contributed by atoms with Gasteiger partial charge in [-0.1, -0.05) is 0 Å². The largest absolute Gasteiger partial charge is 0.480 e. The molecule has 2 aromatic heterocycles. The van der Waals surface area contributed by atoms with Gasteiger partial charge in [0.1, 0.15) is 11.8 Å². The first kappa shape index (κ1) is 13.7. The number of nitrogens with zero attached hydrogens (tertiary/aromatic N) is 3. The van der Waals surface area contributed by atoms with E-state index >= 15 is 0 Å². The highest BCUT2D eigenvalue weighted by atomic mass is 16.4. The van der Waals surface area contributed by atoms with Gasteiger partial charge in [-0.05, 0) is 6.92 Å². The van der Waals surface area contributed by atoms with Gasteiger partial charge in [0.2, 0.25) is 0 Å². The maximum Gasteiger partial charge on any atom is 0.328 e. The number of fused-ring (bicyclic) bond motifs is 1. The number of aliphatic carboxylic acids is 1. The van der Waals surface area contributed by atoms with Crippen LogP contribution in [0.1, 0.15) is 6.92 Å². The number of imidazole rings is 1. The standard InChI is InChI=1S/C10H12N6O4/c1-4(17)5(9(18)19)15-10(20)16-8-6-7(12-2-11-6)13-3-14-8/h2-5,17H,1H3,(H,18,19)(H3,11,12,13,14,15,16,20)/t4-,5+/m1/s1. The molecule has 0 radical (unpaired) electrons. The molecule has 106 valence electrons. The van der Waals surface area contributed by atoms with E-state index in [1.807, 2.05) is 0 Å². The summed E-state index contributed by atoms with van der Waals surface area (Å²) in [6.45, 7) is 1.26. The van der Waals surface area contributed by atoms with Crippen LogP contribution in [0.3, 0.4) is 0 Å². The Morgan fingerprint density at radius 2 is 2.10 bits per heavy atom. The molecule has 0 fully saturated rings. The molecular weight excluding hydrogens is 268 g/mol. The highest BCUT2D eigenvalue weighted by molar-refractivity contribution is 5.97. The normalized spacial score (nSPS) is 13.7. The number of carboxylic acid groups (broad SMARTS) is 1. The van der Waals surface area contributed by atoms with Crippen LogP contribution in [0.25, 0.3) is 11.2 Å². The second-order valence-electron chi connectivity index (χ2n) is 3.98. The van der Waals surface area contributed by atoms with Gasteiger partial charge in [-0.3, -0.25) is 5.32 Å². The number of anilines is 1. The number of H-pyrrole nitrogens is 1. The van der Waals surface area contributed by atoms with Crippen molar-refractivity contribution in [1.82, 2.24) is 25.3 Å². The number of aliphatic hydroxyl groups is 1. The summed E-state index contributed by atoms with van der Waals surface area (Å²) in [7, 11) is 0. The average molecular weight is 280 g/mol. The van der Waals surface area contributed by atoms with Crippen molar-refractivity contribution in [3.63, 3.8) is 0 Å². The van der Waals surface area contributed by atoms with E-state index in [1.54, 1.807) is 0 Å². The van der Waals surface area contributed by atoms with Crippen LogP contribution in [0.5, 0.6) is 0 Å². The predicted octanol–water partition coefficient (Wildman–Crippen LogP) is -0.692. The first-order valence-corrected chi connectivity index (χ1v) is 5.61. The van der Waals surface area contributed by atoms with E-state index < -0.39 is 24.1 Å². The van der Waals surface area contributed by atoms with Crippen LogP contribution in [0.4, 0.5) is 10.6 Å². The third-order valence-corrected chi connectivity index (χ3v) is 2.49. The highest BCUT2D eigenvalue weighted by Crippen LogP contribution is 2.13. The van der Waals surface area contributed by atoms with Crippen LogP contribution in [0, 0.1) is 0 Å². The minimum atomic E-state index is -1.42. The second kappa shape index (κ2) is 5.48. The SMILES string of the molecule is C[C@@H](O)[C@H](NC(=O)Nc1ncnc2nc[nH]c12)C(=O)O. The number of urea groups is 1. The molecule has 0 aliphatic heterocycles. The summed E-state index contributed by atoms with van der Waals surface area (Å²) in [6, 6.07) is -2.23. The summed E-state index contributed by atoms with van der Waals surface area (Å²) < 4.78 is 0. The molecule has 0 unspecified atom stereocenters. The molecule has 20 heavy (non-hydrogen) atoms. The van der Waals surface area contributed by atoms with Crippen molar-refractivity contribution < 1.29 is 19.8 Å². The molecule has 0 spiro atoms. The smallest absolute Gasteiger partial charge is 0.328 e. The lowest BCUT2D eigenvalue weighted by atomic mass is 10.2. The molecule has 0 bridgehead atoms. The van der Waals surface area contributed by atoms with Crippen LogP contribution in [0.15, 0.2) is 12.7 Å². The van der Waals surface area contributed by atoms with Gasteiger partial charge in [0.25, 0.3) is 0 Å². The molecule has 0 aliphatic carbocycles. The van der Waals surface area contributed by atoms with Crippen LogP contribution >= 0.6 is 0 Å². The average Bonchev–Trinajstić information content (AvgIpc) is 2.84. The Kier molecular flexibility index (Phi) is 3.75. The molecule has 0 aliphatic rings. The Bertz CT molecular complexity index is 639. The summed E-state index contributed by atoms with van der Waals surface area (Å²) in [5, 5.41) is 22.6. The molecule has 10 nitrogen and oxygen atoms in total. The lowest BCUT2D eigenvalue weighted by Crippen LogP contribution is -2.49. The van der Waals surface area contributed by atoms with Crippen LogP contribution in [-0.2, 0) is 4.79 Å². The monoisotopic (exact) mass is 280 g/mol. The molecule has 10 heteroatoms. The number of aromatic amines is 1. The van der Waals surface area contributed by atoms with Crippen molar-refractivity contribution in [3.8, 4) is 0 Å². The molecule has 2 aromatic rings. The molecular formula is C10H12N6O4. The molecule has 0 saturated heterocycles. The van der Waals surface area contributed by atoms with Gasteiger partial charge in [-0.25, -0.2) is 24.5 Å². The summed E-state index contributed by atoms with van der Waals surface area (Å²) in [6.07, 6.45) is 1.36. The summed E-state index contributed by atoms with van der Waals surface area (Å²) >= 11 is 0. The number of hydrogen-bond acceptors (Lipinski definition) is 6. The number of nitrogens with one attached hydrogen (secondary N) is 3. The molecule has 2 heterocycles. The zero-order valence-corrected chi connectivity index (χ0v) is 10.4. The minimum absolute atomic E-state index is 0.153. The Labute approximate surface area is 112 Å². The van der Waals surface area contributed by atoms with Crippen LogP contribution < -0.4 is 10.6 Å². The van der Waals surface area contributed by atoms with E-state index in [-0.39, 0.29) is 5.82 Å². The molecule has 0 aromatic carbocycles. The molecule has 2 atom stereocenters. The predicted molar refractivity (Wildman–Crippen MR) is 66.9 cm³/mol. The third kappa shape index (κ3) is 2.80. The van der Waals surface area contributed by atoms with E-state index in [9.17, 15) is 14.7 Å². The van der Waals surface area contributed by atoms with Crippen molar-refractivity contribution >= 4 is 29.0 Å². The minimum Gasteiger partial charge on any atom is -0.480 e. The lowest BCUT2D eigenvalue weighted by molar-refractivity contribution is -0.141. The van der Waals surface area contributed by atoms with Gasteiger partial charge in [0, 0.05) is 0 Å². The zero-order chi connectivity index (χ0) is 14.7. The Morgan fingerprint density at radius 1 is 1.35 bits per heavy atom.